The molecule has 2 aliphatic heterocycles. The summed E-state index contributed by atoms with van der Waals surface area (Å²) in [5.74, 6) is 0.944. The molecule has 1 unspecified atom stereocenters. The summed E-state index contributed by atoms with van der Waals surface area (Å²) in [6.07, 6.45) is 1.72. The average Bonchev–Trinajstić information content (AvgIpc) is 2.92. The van der Waals surface area contributed by atoms with Gasteiger partial charge in [0.25, 0.3) is 0 Å². The minimum Gasteiger partial charge on any atom is -0.497 e. The maximum atomic E-state index is 12.3. The molecule has 0 bridgehead atoms. The minimum atomic E-state index is -0.107. The second-order valence-corrected chi connectivity index (χ2v) is 5.77. The van der Waals surface area contributed by atoms with Crippen LogP contribution < -0.4 is 15.0 Å². The number of hydrogen-bond acceptors (Lipinski definition) is 3. The zero-order valence-electron chi connectivity index (χ0n) is 12.5. The maximum absolute atomic E-state index is 12.3. The first-order valence-corrected chi connectivity index (χ1v) is 7.58. The van der Waals surface area contributed by atoms with E-state index in [-0.39, 0.29) is 18.1 Å². The number of benzene rings is 2. The van der Waals surface area contributed by atoms with Crippen molar-refractivity contribution in [1.82, 2.24) is 5.32 Å². The Labute approximate surface area is 129 Å². The summed E-state index contributed by atoms with van der Waals surface area (Å²) in [6.45, 7) is 0. The van der Waals surface area contributed by atoms with Crippen LogP contribution >= 0.6 is 0 Å². The van der Waals surface area contributed by atoms with Crippen molar-refractivity contribution in [3.63, 3.8) is 0 Å². The monoisotopic (exact) mass is 294 g/mol. The van der Waals surface area contributed by atoms with Gasteiger partial charge in [0.1, 0.15) is 18.0 Å². The molecule has 1 saturated heterocycles. The number of rotatable bonds is 2. The molecule has 112 valence electrons. The number of fused-ring (bicyclic) bond motifs is 3. The van der Waals surface area contributed by atoms with E-state index >= 15 is 0 Å². The molecule has 2 aromatic rings. The van der Waals surface area contributed by atoms with Crippen molar-refractivity contribution in [3.05, 3.63) is 59.7 Å². The largest absolute Gasteiger partial charge is 0.497 e. The van der Waals surface area contributed by atoms with E-state index in [1.165, 1.54) is 5.56 Å². The Bertz CT molecular complexity index is 711. The van der Waals surface area contributed by atoms with Crippen LogP contribution in [0.5, 0.6) is 5.75 Å². The van der Waals surface area contributed by atoms with Crippen LogP contribution in [0.3, 0.4) is 0 Å². The molecule has 0 aliphatic carbocycles. The Morgan fingerprint density at radius 1 is 1.14 bits per heavy atom. The fourth-order valence-electron chi connectivity index (χ4n) is 3.48. The topological polar surface area (TPSA) is 41.6 Å². The fraction of sp³-hybridized carbons (Fsp3) is 0.278. The quantitative estimate of drug-likeness (QED) is 0.926. The summed E-state index contributed by atoms with van der Waals surface area (Å²) < 4.78 is 5.21. The Balaban J connectivity index is 1.76. The lowest BCUT2D eigenvalue weighted by Gasteiger charge is -2.35. The number of methoxy groups -OCH3 is 1. The summed E-state index contributed by atoms with van der Waals surface area (Å²) in [5.41, 5.74) is 3.56. The molecule has 1 fully saturated rings. The van der Waals surface area contributed by atoms with Crippen molar-refractivity contribution in [3.8, 4) is 5.75 Å². The van der Waals surface area contributed by atoms with Crippen LogP contribution in [0.1, 0.15) is 23.7 Å². The normalized spacial score (nSPS) is 22.8. The summed E-state index contributed by atoms with van der Waals surface area (Å²) in [5, 5.41) is 3.14. The highest BCUT2D eigenvalue weighted by atomic mass is 16.5. The number of para-hydroxylation sites is 1. The zero-order valence-corrected chi connectivity index (χ0v) is 12.5. The molecule has 4 heteroatoms. The van der Waals surface area contributed by atoms with E-state index in [9.17, 15) is 4.79 Å². The molecule has 0 spiro atoms. The smallest absolute Gasteiger partial charge is 0.244 e. The van der Waals surface area contributed by atoms with E-state index in [2.05, 4.69) is 28.4 Å². The molecular formula is C18H18N2O2. The van der Waals surface area contributed by atoms with Gasteiger partial charge in [-0.25, -0.2) is 0 Å². The van der Waals surface area contributed by atoms with Crippen LogP contribution in [0.4, 0.5) is 5.69 Å². The van der Waals surface area contributed by atoms with E-state index < -0.39 is 0 Å². The molecule has 0 radical (unpaired) electrons. The summed E-state index contributed by atoms with van der Waals surface area (Å²) in [6, 6.07) is 16.2. The Morgan fingerprint density at radius 2 is 1.91 bits per heavy atom. The molecule has 4 rings (SSSR count). The van der Waals surface area contributed by atoms with Gasteiger partial charge < -0.3 is 15.0 Å². The fourth-order valence-corrected chi connectivity index (χ4v) is 3.48. The van der Waals surface area contributed by atoms with Gasteiger partial charge >= 0.3 is 0 Å². The van der Waals surface area contributed by atoms with Crippen LogP contribution in [0.15, 0.2) is 48.5 Å². The molecule has 0 aromatic heterocycles. The Kier molecular flexibility index (Phi) is 3.03. The molecule has 1 amide bonds. The predicted molar refractivity (Wildman–Crippen MR) is 84.9 cm³/mol. The molecule has 22 heavy (non-hydrogen) atoms. The first-order valence-electron chi connectivity index (χ1n) is 7.58. The Morgan fingerprint density at radius 3 is 2.68 bits per heavy atom. The lowest BCUT2D eigenvalue weighted by Crippen LogP contribution is -2.38. The predicted octanol–water partition coefficient (Wildman–Crippen LogP) is 2.65. The number of nitrogens with zero attached hydrogens (tertiary/aromatic N) is 1. The number of anilines is 1. The highest BCUT2D eigenvalue weighted by molar-refractivity contribution is 5.90. The summed E-state index contributed by atoms with van der Waals surface area (Å²) in [7, 11) is 1.66. The van der Waals surface area contributed by atoms with Crippen LogP contribution in [0, 0.1) is 0 Å². The summed E-state index contributed by atoms with van der Waals surface area (Å²) in [4.78, 5) is 14.6. The average molecular weight is 294 g/mol. The number of nitrogens with one attached hydrogen (secondary N) is 1. The molecule has 4 nitrogen and oxygen atoms in total. The molecule has 2 heterocycles. The van der Waals surface area contributed by atoms with Crippen LogP contribution in [-0.4, -0.2) is 19.1 Å². The first kappa shape index (κ1) is 13.2. The van der Waals surface area contributed by atoms with E-state index in [1.54, 1.807) is 7.11 Å². The van der Waals surface area contributed by atoms with E-state index in [0.29, 0.717) is 0 Å². The van der Waals surface area contributed by atoms with E-state index in [1.807, 2.05) is 30.3 Å². The van der Waals surface area contributed by atoms with Gasteiger partial charge in [-0.3, -0.25) is 4.79 Å². The van der Waals surface area contributed by atoms with Gasteiger partial charge in [0.15, 0.2) is 0 Å². The molecule has 0 saturated carbocycles. The number of aryl methyl sites for hydroxylation is 1. The van der Waals surface area contributed by atoms with Gasteiger partial charge in [-0.1, -0.05) is 30.3 Å². The van der Waals surface area contributed by atoms with Crippen molar-refractivity contribution >= 4 is 11.6 Å². The lowest BCUT2D eigenvalue weighted by atomic mass is 9.96. The van der Waals surface area contributed by atoms with Gasteiger partial charge in [-0.15, -0.1) is 0 Å². The van der Waals surface area contributed by atoms with Crippen molar-refractivity contribution in [2.45, 2.75) is 25.0 Å². The van der Waals surface area contributed by atoms with Crippen LogP contribution in [-0.2, 0) is 11.2 Å². The van der Waals surface area contributed by atoms with Crippen molar-refractivity contribution in [1.29, 1.82) is 0 Å². The van der Waals surface area contributed by atoms with Crippen molar-refractivity contribution in [2.75, 3.05) is 12.0 Å². The number of carbonyl (C=O) groups excluding carboxylic acids is 1. The molecule has 2 atom stereocenters. The van der Waals surface area contributed by atoms with Gasteiger partial charge in [0, 0.05) is 5.69 Å². The highest BCUT2D eigenvalue weighted by Gasteiger charge is 2.43. The number of carbonyl (C=O) groups is 1. The lowest BCUT2D eigenvalue weighted by molar-refractivity contribution is -0.120. The van der Waals surface area contributed by atoms with Crippen molar-refractivity contribution in [2.24, 2.45) is 0 Å². The third-order valence-electron chi connectivity index (χ3n) is 4.58. The van der Waals surface area contributed by atoms with Gasteiger partial charge in [0.2, 0.25) is 5.91 Å². The molecule has 2 aromatic carbocycles. The van der Waals surface area contributed by atoms with Gasteiger partial charge in [-0.05, 0) is 42.2 Å². The standard InChI is InChI=1S/C18H18N2O2/c1-22-14-9-6-13(7-10-14)17-19-18(21)16-11-8-12-4-2-3-5-15(12)20(16)17/h2-7,9-10,16-17H,8,11H2,1H3,(H,19,21)/t16?,17-/m0/s1. The summed E-state index contributed by atoms with van der Waals surface area (Å²) >= 11 is 0. The second kappa shape index (κ2) is 5.05. The molecular weight excluding hydrogens is 276 g/mol. The van der Waals surface area contributed by atoms with Crippen molar-refractivity contribution < 1.29 is 9.53 Å². The first-order chi connectivity index (χ1) is 10.8. The Hall–Kier alpha value is -2.49. The third-order valence-corrected chi connectivity index (χ3v) is 4.58. The van der Waals surface area contributed by atoms with E-state index in [0.717, 1.165) is 29.8 Å². The third kappa shape index (κ3) is 1.95. The molecule has 2 aliphatic rings. The highest BCUT2D eigenvalue weighted by Crippen LogP contribution is 2.39. The second-order valence-electron chi connectivity index (χ2n) is 5.77. The number of ether oxygens (including phenoxy) is 1. The van der Waals surface area contributed by atoms with Gasteiger partial charge in [0.05, 0.1) is 7.11 Å². The maximum Gasteiger partial charge on any atom is 0.244 e. The SMILES string of the molecule is COc1ccc([C@H]2NC(=O)C3CCc4ccccc4N32)cc1. The van der Waals surface area contributed by atoms with Crippen LogP contribution in [0.2, 0.25) is 0 Å². The zero-order chi connectivity index (χ0) is 15.1. The van der Waals surface area contributed by atoms with Crippen LogP contribution in [0.25, 0.3) is 0 Å². The van der Waals surface area contributed by atoms with Gasteiger partial charge in [-0.2, -0.15) is 0 Å². The minimum absolute atomic E-state index is 0.0676. The van der Waals surface area contributed by atoms with E-state index in [4.69, 9.17) is 4.74 Å². The molecule has 1 N–H and O–H groups in total. The number of hydrogen-bond donors (Lipinski definition) is 1. The number of amides is 1.